The number of amides is 1. The molecule has 1 aliphatic heterocycles. The molecule has 0 aromatic heterocycles. The highest BCUT2D eigenvalue weighted by atomic mass is 16.2. The van der Waals surface area contributed by atoms with Crippen molar-refractivity contribution >= 4 is 5.91 Å². The maximum Gasteiger partial charge on any atom is 0.222 e. The molecule has 2 rings (SSSR count). The maximum absolute atomic E-state index is 11.8. The van der Waals surface area contributed by atoms with Crippen molar-refractivity contribution in [2.24, 2.45) is 17.6 Å². The van der Waals surface area contributed by atoms with Gasteiger partial charge in [-0.3, -0.25) is 4.79 Å². The van der Waals surface area contributed by atoms with E-state index in [-0.39, 0.29) is 6.04 Å². The number of rotatable bonds is 4. The molecule has 0 aromatic carbocycles. The average molecular weight is 224 g/mol. The van der Waals surface area contributed by atoms with E-state index in [4.69, 9.17) is 5.73 Å². The Balaban J connectivity index is 1.82. The fourth-order valence-corrected chi connectivity index (χ4v) is 3.09. The van der Waals surface area contributed by atoms with Gasteiger partial charge in [-0.05, 0) is 24.7 Å². The fraction of sp³-hybridized carbons (Fsp3) is 0.923. The molecule has 1 aliphatic carbocycles. The summed E-state index contributed by atoms with van der Waals surface area (Å²) in [5.74, 6) is 1.55. The van der Waals surface area contributed by atoms with Crippen molar-refractivity contribution in [1.29, 1.82) is 0 Å². The van der Waals surface area contributed by atoms with E-state index in [9.17, 15) is 4.79 Å². The minimum absolute atomic E-state index is 0.210. The van der Waals surface area contributed by atoms with Crippen LogP contribution in [0.5, 0.6) is 0 Å². The van der Waals surface area contributed by atoms with E-state index in [0.717, 1.165) is 25.9 Å². The first-order chi connectivity index (χ1) is 7.70. The lowest BCUT2D eigenvalue weighted by atomic mass is 9.98. The highest BCUT2D eigenvalue weighted by Gasteiger charge is 2.31. The molecular formula is C13H24N2O. The van der Waals surface area contributed by atoms with Gasteiger partial charge in [0, 0.05) is 25.6 Å². The van der Waals surface area contributed by atoms with E-state index >= 15 is 0 Å². The number of carbonyl (C=O) groups excluding carboxylic acids is 1. The molecule has 2 N–H and O–H groups in total. The summed E-state index contributed by atoms with van der Waals surface area (Å²) < 4.78 is 0. The molecule has 3 heteroatoms. The summed E-state index contributed by atoms with van der Waals surface area (Å²) in [7, 11) is 0. The van der Waals surface area contributed by atoms with Crippen molar-refractivity contribution in [3.63, 3.8) is 0 Å². The third-order valence-electron chi connectivity index (χ3n) is 4.31. The Bertz CT molecular complexity index is 248. The molecular weight excluding hydrogens is 200 g/mol. The summed E-state index contributed by atoms with van der Waals surface area (Å²) in [5, 5.41) is 0. The molecule has 16 heavy (non-hydrogen) atoms. The zero-order valence-electron chi connectivity index (χ0n) is 10.3. The molecule has 92 valence electrons. The standard InChI is InChI=1S/C13H24N2O/c1-2-10-7-13(16)15(8-10)9-12(14)11-5-3-4-6-11/h10-12H,2-9,14H2,1H3. The molecule has 2 unspecified atom stereocenters. The second-order valence-electron chi connectivity index (χ2n) is 5.49. The summed E-state index contributed by atoms with van der Waals surface area (Å²) in [6.45, 7) is 3.90. The fourth-order valence-electron chi connectivity index (χ4n) is 3.09. The predicted molar refractivity (Wildman–Crippen MR) is 64.9 cm³/mol. The van der Waals surface area contributed by atoms with Crippen LogP contribution in [0.4, 0.5) is 0 Å². The third kappa shape index (κ3) is 2.57. The Labute approximate surface area is 98.4 Å². The normalized spacial score (nSPS) is 29.0. The first kappa shape index (κ1) is 11.9. The molecule has 1 heterocycles. The summed E-state index contributed by atoms with van der Waals surface area (Å²) in [4.78, 5) is 13.8. The minimum atomic E-state index is 0.210. The lowest BCUT2D eigenvalue weighted by Gasteiger charge is -2.25. The molecule has 2 fully saturated rings. The van der Waals surface area contributed by atoms with Gasteiger partial charge in [-0.1, -0.05) is 26.2 Å². The van der Waals surface area contributed by atoms with Crippen molar-refractivity contribution in [2.75, 3.05) is 13.1 Å². The lowest BCUT2D eigenvalue weighted by molar-refractivity contribution is -0.128. The van der Waals surface area contributed by atoms with Crippen molar-refractivity contribution in [3.8, 4) is 0 Å². The maximum atomic E-state index is 11.8. The number of nitrogens with zero attached hydrogens (tertiary/aromatic N) is 1. The van der Waals surface area contributed by atoms with Gasteiger partial charge in [0.1, 0.15) is 0 Å². The number of hydrogen-bond acceptors (Lipinski definition) is 2. The Kier molecular flexibility index (Phi) is 3.85. The van der Waals surface area contributed by atoms with Crippen molar-refractivity contribution < 1.29 is 4.79 Å². The van der Waals surface area contributed by atoms with Gasteiger partial charge >= 0.3 is 0 Å². The van der Waals surface area contributed by atoms with Crippen LogP contribution in [0.1, 0.15) is 45.4 Å². The molecule has 2 aliphatic rings. The van der Waals surface area contributed by atoms with Gasteiger partial charge in [-0.15, -0.1) is 0 Å². The summed E-state index contributed by atoms with van der Waals surface area (Å²) in [6.07, 6.45) is 7.03. The lowest BCUT2D eigenvalue weighted by Crippen LogP contribution is -2.42. The van der Waals surface area contributed by atoms with E-state index in [1.165, 1.54) is 25.7 Å². The Morgan fingerprint density at radius 1 is 1.44 bits per heavy atom. The molecule has 2 atom stereocenters. The number of nitrogens with two attached hydrogens (primary N) is 1. The SMILES string of the molecule is CCC1CC(=O)N(CC(N)C2CCCC2)C1. The topological polar surface area (TPSA) is 46.3 Å². The van der Waals surface area contributed by atoms with Crippen LogP contribution in [-0.2, 0) is 4.79 Å². The van der Waals surface area contributed by atoms with E-state index in [0.29, 0.717) is 17.7 Å². The first-order valence-electron chi connectivity index (χ1n) is 6.74. The Hall–Kier alpha value is -0.570. The van der Waals surface area contributed by atoms with Crippen LogP contribution in [0.2, 0.25) is 0 Å². The Morgan fingerprint density at radius 2 is 2.12 bits per heavy atom. The smallest absolute Gasteiger partial charge is 0.222 e. The molecule has 0 radical (unpaired) electrons. The highest BCUT2D eigenvalue weighted by Crippen LogP contribution is 2.28. The second kappa shape index (κ2) is 5.17. The minimum Gasteiger partial charge on any atom is -0.341 e. The predicted octanol–water partition coefficient (Wildman–Crippen LogP) is 1.76. The van der Waals surface area contributed by atoms with Crippen LogP contribution in [0.3, 0.4) is 0 Å². The van der Waals surface area contributed by atoms with Gasteiger partial charge in [0.2, 0.25) is 5.91 Å². The third-order valence-corrected chi connectivity index (χ3v) is 4.31. The van der Waals surface area contributed by atoms with Gasteiger partial charge in [0.15, 0.2) is 0 Å². The van der Waals surface area contributed by atoms with Crippen LogP contribution in [0.15, 0.2) is 0 Å². The number of likely N-dealkylation sites (tertiary alicyclic amines) is 1. The zero-order chi connectivity index (χ0) is 11.5. The van der Waals surface area contributed by atoms with Crippen LogP contribution in [-0.4, -0.2) is 29.9 Å². The molecule has 1 saturated heterocycles. The number of hydrogen-bond donors (Lipinski definition) is 1. The van der Waals surface area contributed by atoms with Gasteiger partial charge < -0.3 is 10.6 Å². The molecule has 0 spiro atoms. The van der Waals surface area contributed by atoms with E-state index in [1.54, 1.807) is 0 Å². The Morgan fingerprint density at radius 3 is 2.69 bits per heavy atom. The molecule has 3 nitrogen and oxygen atoms in total. The highest BCUT2D eigenvalue weighted by molar-refractivity contribution is 5.78. The van der Waals surface area contributed by atoms with Gasteiger partial charge in [0.25, 0.3) is 0 Å². The largest absolute Gasteiger partial charge is 0.341 e. The van der Waals surface area contributed by atoms with Crippen LogP contribution >= 0.6 is 0 Å². The van der Waals surface area contributed by atoms with Gasteiger partial charge in [0.05, 0.1) is 0 Å². The zero-order valence-corrected chi connectivity index (χ0v) is 10.3. The van der Waals surface area contributed by atoms with E-state index in [1.807, 2.05) is 4.90 Å². The van der Waals surface area contributed by atoms with Gasteiger partial charge in [-0.25, -0.2) is 0 Å². The summed E-state index contributed by atoms with van der Waals surface area (Å²) in [6, 6.07) is 0.210. The summed E-state index contributed by atoms with van der Waals surface area (Å²) >= 11 is 0. The van der Waals surface area contributed by atoms with Crippen LogP contribution in [0.25, 0.3) is 0 Å². The van der Waals surface area contributed by atoms with Crippen molar-refractivity contribution in [1.82, 2.24) is 4.90 Å². The van der Waals surface area contributed by atoms with Gasteiger partial charge in [-0.2, -0.15) is 0 Å². The van der Waals surface area contributed by atoms with E-state index in [2.05, 4.69) is 6.92 Å². The summed E-state index contributed by atoms with van der Waals surface area (Å²) in [5.41, 5.74) is 6.21. The van der Waals surface area contributed by atoms with E-state index < -0.39 is 0 Å². The number of carbonyl (C=O) groups is 1. The van der Waals surface area contributed by atoms with Crippen LogP contribution in [0, 0.1) is 11.8 Å². The first-order valence-corrected chi connectivity index (χ1v) is 6.74. The quantitative estimate of drug-likeness (QED) is 0.791. The van der Waals surface area contributed by atoms with Crippen LogP contribution < -0.4 is 5.73 Å². The van der Waals surface area contributed by atoms with Crippen molar-refractivity contribution in [2.45, 2.75) is 51.5 Å². The second-order valence-corrected chi connectivity index (χ2v) is 5.49. The average Bonchev–Trinajstić information content (AvgIpc) is 2.88. The molecule has 0 aromatic rings. The molecule has 1 amide bonds. The molecule has 0 bridgehead atoms. The van der Waals surface area contributed by atoms with Crippen molar-refractivity contribution in [3.05, 3.63) is 0 Å². The molecule has 1 saturated carbocycles. The monoisotopic (exact) mass is 224 g/mol.